The summed E-state index contributed by atoms with van der Waals surface area (Å²) in [7, 11) is 0. The average Bonchev–Trinajstić information content (AvgIpc) is 2.92. The summed E-state index contributed by atoms with van der Waals surface area (Å²) in [6.45, 7) is 2.43. The number of aromatic nitrogens is 2. The van der Waals surface area contributed by atoms with Crippen molar-refractivity contribution in [1.82, 2.24) is 19.6 Å². The molecule has 4 aromatic rings. The highest BCUT2D eigenvalue weighted by molar-refractivity contribution is 6.04. The second kappa shape index (κ2) is 9.92. The Balaban J connectivity index is 1.41. The highest BCUT2D eigenvalue weighted by atomic mass is 16.2. The van der Waals surface area contributed by atoms with Crippen LogP contribution in [0.25, 0.3) is 10.8 Å². The van der Waals surface area contributed by atoms with E-state index in [1.54, 1.807) is 23.1 Å². The number of hydrogen-bond acceptors (Lipinski definition) is 5. The molecule has 0 spiro atoms. The van der Waals surface area contributed by atoms with Crippen LogP contribution < -0.4 is 5.56 Å². The molecule has 1 atom stereocenters. The molecule has 1 aliphatic heterocycles. The molecule has 5 rings (SSSR count). The Hall–Kier alpha value is -4.28. The normalized spacial score (nSPS) is 15.0. The minimum atomic E-state index is -0.347. The Morgan fingerprint density at radius 2 is 1.46 bits per heavy atom. The number of nitriles is 1. The summed E-state index contributed by atoms with van der Waals surface area (Å²) in [5, 5.41) is 15.3. The Morgan fingerprint density at radius 3 is 2.11 bits per heavy atom. The lowest BCUT2D eigenvalue weighted by Gasteiger charge is -2.37. The molecule has 1 aromatic heterocycles. The molecule has 0 radical (unpaired) electrons. The highest BCUT2D eigenvalue weighted by Crippen LogP contribution is 2.23. The van der Waals surface area contributed by atoms with Gasteiger partial charge in [-0.25, -0.2) is 4.68 Å². The third-order valence-electron chi connectivity index (χ3n) is 6.45. The Bertz CT molecular complexity index is 1440. The summed E-state index contributed by atoms with van der Waals surface area (Å²) in [5.74, 6) is -0.198. The van der Waals surface area contributed by atoms with E-state index in [-0.39, 0.29) is 23.2 Å². The molecule has 0 aliphatic carbocycles. The van der Waals surface area contributed by atoms with Crippen LogP contribution >= 0.6 is 0 Å². The fourth-order valence-corrected chi connectivity index (χ4v) is 4.59. The maximum Gasteiger partial charge on any atom is 0.275 e. The topological polar surface area (TPSA) is 82.2 Å². The van der Waals surface area contributed by atoms with E-state index in [2.05, 4.69) is 16.1 Å². The lowest BCUT2D eigenvalue weighted by molar-refractivity contribution is 0.0600. The SMILES string of the molecule is N#CC(c1ccccc1)N1CCN(C(=O)c2nn(Cc3ccccc3)c(=O)c3ccccc23)CC1. The third-order valence-corrected chi connectivity index (χ3v) is 6.45. The molecule has 1 fully saturated rings. The van der Waals surface area contributed by atoms with E-state index in [1.165, 1.54) is 4.68 Å². The summed E-state index contributed by atoms with van der Waals surface area (Å²) in [5.41, 5.74) is 1.96. The molecule has 1 unspecified atom stereocenters. The average molecular weight is 464 g/mol. The molecule has 7 heteroatoms. The molecule has 1 saturated heterocycles. The smallest absolute Gasteiger partial charge is 0.275 e. The Labute approximate surface area is 203 Å². The predicted octanol–water partition coefficient (Wildman–Crippen LogP) is 3.47. The molecule has 3 aromatic carbocycles. The van der Waals surface area contributed by atoms with Gasteiger partial charge in [-0.15, -0.1) is 0 Å². The lowest BCUT2D eigenvalue weighted by atomic mass is 10.1. The van der Waals surface area contributed by atoms with Gasteiger partial charge in [0.15, 0.2) is 5.69 Å². The van der Waals surface area contributed by atoms with Crippen LogP contribution in [-0.4, -0.2) is 51.7 Å². The van der Waals surface area contributed by atoms with Gasteiger partial charge in [0, 0.05) is 31.6 Å². The molecule has 1 aliphatic rings. The van der Waals surface area contributed by atoms with E-state index in [9.17, 15) is 14.9 Å². The summed E-state index contributed by atoms with van der Waals surface area (Å²) in [6.07, 6.45) is 0. The minimum absolute atomic E-state index is 0.198. The third kappa shape index (κ3) is 4.57. The molecule has 1 amide bonds. The van der Waals surface area contributed by atoms with Gasteiger partial charge in [-0.2, -0.15) is 10.4 Å². The van der Waals surface area contributed by atoms with Crippen LogP contribution in [0.3, 0.4) is 0 Å². The van der Waals surface area contributed by atoms with Crippen LogP contribution in [0.15, 0.2) is 89.7 Å². The van der Waals surface area contributed by atoms with Gasteiger partial charge < -0.3 is 4.90 Å². The maximum atomic E-state index is 13.6. The fourth-order valence-electron chi connectivity index (χ4n) is 4.59. The number of rotatable bonds is 5. The van der Waals surface area contributed by atoms with Gasteiger partial charge in [0.1, 0.15) is 6.04 Å². The fraction of sp³-hybridized carbons (Fsp3) is 0.214. The van der Waals surface area contributed by atoms with Crippen LogP contribution in [-0.2, 0) is 6.54 Å². The molecule has 35 heavy (non-hydrogen) atoms. The first kappa shape index (κ1) is 22.5. The van der Waals surface area contributed by atoms with Gasteiger partial charge in [0.25, 0.3) is 11.5 Å². The molecule has 0 N–H and O–H groups in total. The van der Waals surface area contributed by atoms with E-state index in [4.69, 9.17) is 0 Å². The first-order valence-corrected chi connectivity index (χ1v) is 11.7. The second-order valence-corrected chi connectivity index (χ2v) is 8.61. The van der Waals surface area contributed by atoms with Gasteiger partial charge in [-0.05, 0) is 17.2 Å². The number of amides is 1. The number of benzene rings is 3. The van der Waals surface area contributed by atoms with E-state index in [0.29, 0.717) is 43.5 Å². The van der Waals surface area contributed by atoms with Crippen molar-refractivity contribution in [3.8, 4) is 6.07 Å². The van der Waals surface area contributed by atoms with Crippen molar-refractivity contribution < 1.29 is 4.79 Å². The summed E-state index contributed by atoms with van der Waals surface area (Å²) in [6, 6.07) is 28.5. The number of carbonyl (C=O) groups is 1. The number of hydrogen-bond donors (Lipinski definition) is 0. The van der Waals surface area contributed by atoms with Gasteiger partial charge >= 0.3 is 0 Å². The van der Waals surface area contributed by atoms with Crippen LogP contribution in [0.5, 0.6) is 0 Å². The number of piperazine rings is 1. The van der Waals surface area contributed by atoms with Crippen molar-refractivity contribution in [2.24, 2.45) is 0 Å². The second-order valence-electron chi connectivity index (χ2n) is 8.61. The zero-order chi connectivity index (χ0) is 24.2. The van der Waals surface area contributed by atoms with Crippen LogP contribution in [0, 0.1) is 11.3 Å². The summed E-state index contributed by atoms with van der Waals surface area (Å²) in [4.78, 5) is 30.6. The lowest BCUT2D eigenvalue weighted by Crippen LogP contribution is -2.50. The Kier molecular flexibility index (Phi) is 6.38. The maximum absolute atomic E-state index is 13.6. The number of fused-ring (bicyclic) bond motifs is 1. The molecular formula is C28H25N5O2. The first-order valence-electron chi connectivity index (χ1n) is 11.7. The van der Waals surface area contributed by atoms with E-state index < -0.39 is 0 Å². The molecule has 174 valence electrons. The van der Waals surface area contributed by atoms with E-state index in [1.807, 2.05) is 66.7 Å². The molecule has 2 heterocycles. The number of nitrogens with zero attached hydrogens (tertiary/aromatic N) is 5. The summed E-state index contributed by atoms with van der Waals surface area (Å²) < 4.78 is 1.38. The van der Waals surface area contributed by atoms with E-state index in [0.717, 1.165) is 11.1 Å². The summed E-state index contributed by atoms with van der Waals surface area (Å²) >= 11 is 0. The number of carbonyl (C=O) groups excluding carboxylic acids is 1. The van der Waals surface area contributed by atoms with Crippen molar-refractivity contribution in [2.75, 3.05) is 26.2 Å². The molecule has 7 nitrogen and oxygen atoms in total. The minimum Gasteiger partial charge on any atom is -0.335 e. The van der Waals surface area contributed by atoms with Crippen molar-refractivity contribution in [1.29, 1.82) is 5.26 Å². The standard InChI is InChI=1S/C28H25N5O2/c29-19-25(22-11-5-2-6-12-22)31-15-17-32(18-16-31)28(35)26-23-13-7-8-14-24(23)27(34)33(30-26)20-21-9-3-1-4-10-21/h1-14,25H,15-18,20H2. The zero-order valence-corrected chi connectivity index (χ0v) is 19.2. The zero-order valence-electron chi connectivity index (χ0n) is 19.2. The van der Waals surface area contributed by atoms with Gasteiger partial charge in [0.05, 0.1) is 18.0 Å². The quantitative estimate of drug-likeness (QED) is 0.453. The van der Waals surface area contributed by atoms with Crippen molar-refractivity contribution in [2.45, 2.75) is 12.6 Å². The first-order chi connectivity index (χ1) is 17.2. The van der Waals surface area contributed by atoms with Crippen molar-refractivity contribution in [3.05, 3.63) is 112 Å². The highest BCUT2D eigenvalue weighted by Gasteiger charge is 2.29. The predicted molar refractivity (Wildman–Crippen MR) is 134 cm³/mol. The Morgan fingerprint density at radius 1 is 0.857 bits per heavy atom. The largest absolute Gasteiger partial charge is 0.335 e. The van der Waals surface area contributed by atoms with Crippen LogP contribution in [0.4, 0.5) is 0 Å². The molecular weight excluding hydrogens is 438 g/mol. The van der Waals surface area contributed by atoms with Crippen molar-refractivity contribution >= 4 is 16.7 Å². The van der Waals surface area contributed by atoms with Crippen molar-refractivity contribution in [3.63, 3.8) is 0 Å². The molecule has 0 bridgehead atoms. The van der Waals surface area contributed by atoms with E-state index >= 15 is 0 Å². The van der Waals surface area contributed by atoms with Crippen LogP contribution in [0.1, 0.15) is 27.7 Å². The monoisotopic (exact) mass is 463 g/mol. The molecule has 0 saturated carbocycles. The van der Waals surface area contributed by atoms with Gasteiger partial charge in [-0.1, -0.05) is 78.9 Å². The van der Waals surface area contributed by atoms with Gasteiger partial charge in [0.2, 0.25) is 0 Å². The van der Waals surface area contributed by atoms with Gasteiger partial charge in [-0.3, -0.25) is 14.5 Å². The van der Waals surface area contributed by atoms with Crippen LogP contribution in [0.2, 0.25) is 0 Å².